The molecule has 92 valence electrons. The van der Waals surface area contributed by atoms with Crippen molar-refractivity contribution in [3.05, 3.63) is 58.9 Å². The van der Waals surface area contributed by atoms with Crippen molar-refractivity contribution in [2.75, 3.05) is 0 Å². The maximum atomic E-state index is 13.3. The van der Waals surface area contributed by atoms with E-state index in [0.717, 1.165) is 22.3 Å². The molecule has 2 aromatic carbocycles. The number of carbonyl (C=O) groups is 1. The molecule has 0 aliphatic rings. The molecule has 3 heteroatoms. The van der Waals surface area contributed by atoms with Gasteiger partial charge in [0.05, 0.1) is 5.56 Å². The number of aryl methyl sites for hydroxylation is 1. The van der Waals surface area contributed by atoms with Gasteiger partial charge in [-0.15, -0.1) is 0 Å². The Labute approximate surface area is 105 Å². The maximum absolute atomic E-state index is 13.3. The molecule has 0 unspecified atom stereocenters. The smallest absolute Gasteiger partial charge is 0.338 e. The number of carboxylic acids is 1. The van der Waals surface area contributed by atoms with Crippen molar-refractivity contribution in [2.24, 2.45) is 0 Å². The number of rotatable bonds is 2. The Bertz CT molecular complexity index is 618. The zero-order valence-corrected chi connectivity index (χ0v) is 10.2. The van der Waals surface area contributed by atoms with Crippen molar-refractivity contribution in [3.63, 3.8) is 0 Å². The quantitative estimate of drug-likeness (QED) is 0.872. The molecule has 0 fully saturated rings. The summed E-state index contributed by atoms with van der Waals surface area (Å²) in [6.45, 7) is 3.95. The van der Waals surface area contributed by atoms with Gasteiger partial charge >= 0.3 is 5.97 Å². The zero-order chi connectivity index (χ0) is 13.3. The molecule has 2 nitrogen and oxygen atoms in total. The molecule has 0 heterocycles. The molecule has 0 saturated heterocycles. The largest absolute Gasteiger partial charge is 0.478 e. The fourth-order valence-electron chi connectivity index (χ4n) is 1.92. The van der Waals surface area contributed by atoms with E-state index in [1.165, 1.54) is 12.1 Å². The number of aromatic carboxylic acids is 1. The highest BCUT2D eigenvalue weighted by molar-refractivity contribution is 5.90. The summed E-state index contributed by atoms with van der Waals surface area (Å²) in [5.41, 5.74) is 3.54. The van der Waals surface area contributed by atoms with Crippen molar-refractivity contribution in [3.8, 4) is 11.1 Å². The Kier molecular flexibility index (Phi) is 3.15. The monoisotopic (exact) mass is 244 g/mol. The summed E-state index contributed by atoms with van der Waals surface area (Å²) in [5, 5.41) is 8.92. The molecule has 0 aliphatic carbocycles. The maximum Gasteiger partial charge on any atom is 0.338 e. The lowest BCUT2D eigenvalue weighted by molar-refractivity contribution is 0.0692. The predicted octanol–water partition coefficient (Wildman–Crippen LogP) is 3.81. The van der Waals surface area contributed by atoms with Crippen molar-refractivity contribution in [1.29, 1.82) is 0 Å². The van der Waals surface area contributed by atoms with Gasteiger partial charge in [0.15, 0.2) is 0 Å². The fraction of sp³-hybridized carbons (Fsp3) is 0.133. The van der Waals surface area contributed by atoms with Gasteiger partial charge in [0, 0.05) is 0 Å². The van der Waals surface area contributed by atoms with Crippen LogP contribution < -0.4 is 0 Å². The summed E-state index contributed by atoms with van der Waals surface area (Å²) in [5.74, 6) is -1.96. The Morgan fingerprint density at radius 2 is 1.89 bits per heavy atom. The van der Waals surface area contributed by atoms with E-state index in [1.807, 2.05) is 32.0 Å². The minimum absolute atomic E-state index is 0.298. The highest BCUT2D eigenvalue weighted by atomic mass is 19.1. The van der Waals surface area contributed by atoms with E-state index in [0.29, 0.717) is 0 Å². The van der Waals surface area contributed by atoms with Gasteiger partial charge in [0.25, 0.3) is 0 Å². The first-order valence-corrected chi connectivity index (χ1v) is 5.60. The topological polar surface area (TPSA) is 37.3 Å². The van der Waals surface area contributed by atoms with E-state index in [4.69, 9.17) is 5.11 Å². The van der Waals surface area contributed by atoms with Crippen LogP contribution in [0.4, 0.5) is 4.39 Å². The van der Waals surface area contributed by atoms with Crippen LogP contribution in [-0.2, 0) is 0 Å². The number of carboxylic acid groups (broad SMARTS) is 1. The molecule has 2 rings (SSSR count). The minimum Gasteiger partial charge on any atom is -0.478 e. The first kappa shape index (κ1) is 12.3. The third kappa shape index (κ3) is 2.12. The lowest BCUT2D eigenvalue weighted by atomic mass is 9.96. The normalized spacial score (nSPS) is 10.4. The second-order valence-corrected chi connectivity index (χ2v) is 4.25. The molecule has 0 aliphatic heterocycles. The molecule has 18 heavy (non-hydrogen) atoms. The van der Waals surface area contributed by atoms with Crippen LogP contribution >= 0.6 is 0 Å². The van der Waals surface area contributed by atoms with E-state index in [-0.39, 0.29) is 5.56 Å². The number of benzene rings is 2. The van der Waals surface area contributed by atoms with E-state index >= 15 is 0 Å². The third-order valence-corrected chi connectivity index (χ3v) is 3.11. The van der Waals surface area contributed by atoms with Gasteiger partial charge < -0.3 is 5.11 Å². The highest BCUT2D eigenvalue weighted by Crippen LogP contribution is 2.27. The number of halogens is 1. The molecule has 0 radical (unpaired) electrons. The van der Waals surface area contributed by atoms with Crippen LogP contribution in [0.15, 0.2) is 36.4 Å². The van der Waals surface area contributed by atoms with Gasteiger partial charge in [-0.25, -0.2) is 9.18 Å². The van der Waals surface area contributed by atoms with Crippen LogP contribution in [0.5, 0.6) is 0 Å². The molecule has 0 aromatic heterocycles. The minimum atomic E-state index is -1.25. The van der Waals surface area contributed by atoms with Crippen LogP contribution in [0.1, 0.15) is 21.5 Å². The highest BCUT2D eigenvalue weighted by Gasteiger charge is 2.12. The second-order valence-electron chi connectivity index (χ2n) is 4.25. The Hall–Kier alpha value is -2.16. The molecule has 0 amide bonds. The third-order valence-electron chi connectivity index (χ3n) is 3.11. The van der Waals surface area contributed by atoms with Gasteiger partial charge in [-0.2, -0.15) is 0 Å². The number of hydrogen-bond donors (Lipinski definition) is 1. The molecule has 1 N–H and O–H groups in total. The van der Waals surface area contributed by atoms with E-state index < -0.39 is 11.8 Å². The van der Waals surface area contributed by atoms with E-state index in [2.05, 4.69) is 0 Å². The van der Waals surface area contributed by atoms with Crippen LogP contribution in [0, 0.1) is 19.7 Å². The van der Waals surface area contributed by atoms with Crippen molar-refractivity contribution < 1.29 is 14.3 Å². The molecular formula is C15H13FO2. The molecule has 2 aromatic rings. The molecule has 0 spiro atoms. The predicted molar refractivity (Wildman–Crippen MR) is 68.3 cm³/mol. The Morgan fingerprint density at radius 3 is 2.56 bits per heavy atom. The Morgan fingerprint density at radius 1 is 1.17 bits per heavy atom. The van der Waals surface area contributed by atoms with E-state index in [1.54, 1.807) is 6.07 Å². The van der Waals surface area contributed by atoms with Crippen LogP contribution in [0.2, 0.25) is 0 Å². The number of hydrogen-bond acceptors (Lipinski definition) is 1. The van der Waals surface area contributed by atoms with Gasteiger partial charge in [0.2, 0.25) is 0 Å². The summed E-state index contributed by atoms with van der Waals surface area (Å²) in [6.07, 6.45) is 0. The van der Waals surface area contributed by atoms with Crippen molar-refractivity contribution >= 4 is 5.97 Å². The molecule has 0 atom stereocenters. The summed E-state index contributed by atoms with van der Waals surface area (Å²) < 4.78 is 13.3. The van der Waals surface area contributed by atoms with Gasteiger partial charge in [-0.1, -0.05) is 24.3 Å². The molecule has 0 bridgehead atoms. The van der Waals surface area contributed by atoms with Crippen LogP contribution in [-0.4, -0.2) is 11.1 Å². The summed E-state index contributed by atoms with van der Waals surface area (Å²) >= 11 is 0. The lowest BCUT2D eigenvalue weighted by Gasteiger charge is -2.09. The average molecular weight is 244 g/mol. The second kappa shape index (κ2) is 4.61. The first-order valence-electron chi connectivity index (χ1n) is 5.60. The average Bonchev–Trinajstić information content (AvgIpc) is 2.33. The van der Waals surface area contributed by atoms with Crippen LogP contribution in [0.3, 0.4) is 0 Å². The Balaban J connectivity index is 2.62. The molecule has 0 saturated carbocycles. The fourth-order valence-corrected chi connectivity index (χ4v) is 1.92. The van der Waals surface area contributed by atoms with Gasteiger partial charge in [-0.3, -0.25) is 0 Å². The van der Waals surface area contributed by atoms with Gasteiger partial charge in [0.1, 0.15) is 5.82 Å². The summed E-state index contributed by atoms with van der Waals surface area (Å²) in [6, 6.07) is 9.96. The standard InChI is InChI=1S/C15H13FO2/c1-9-4-3-5-12(10(9)2)11-6-7-14(16)13(8-11)15(17)18/h3-8H,1-2H3,(H,17,18). The lowest BCUT2D eigenvalue weighted by Crippen LogP contribution is -2.01. The van der Waals surface area contributed by atoms with Crippen LogP contribution in [0.25, 0.3) is 11.1 Å². The van der Waals surface area contributed by atoms with Crippen molar-refractivity contribution in [2.45, 2.75) is 13.8 Å². The summed E-state index contributed by atoms with van der Waals surface area (Å²) in [4.78, 5) is 10.9. The van der Waals surface area contributed by atoms with E-state index in [9.17, 15) is 9.18 Å². The van der Waals surface area contributed by atoms with Gasteiger partial charge in [-0.05, 0) is 48.2 Å². The first-order chi connectivity index (χ1) is 8.50. The van der Waals surface area contributed by atoms with Crippen molar-refractivity contribution in [1.82, 2.24) is 0 Å². The molecular weight excluding hydrogens is 231 g/mol. The summed E-state index contributed by atoms with van der Waals surface area (Å²) in [7, 11) is 0. The zero-order valence-electron chi connectivity index (χ0n) is 10.2. The SMILES string of the molecule is Cc1cccc(-c2ccc(F)c(C(=O)O)c2)c1C.